The number of benzene rings is 2. The predicted molar refractivity (Wildman–Crippen MR) is 138 cm³/mol. The summed E-state index contributed by atoms with van der Waals surface area (Å²) < 4.78 is 6.06. The zero-order valence-electron chi connectivity index (χ0n) is 19.3. The van der Waals surface area contributed by atoms with E-state index in [0.717, 1.165) is 11.5 Å². The van der Waals surface area contributed by atoms with E-state index in [4.69, 9.17) is 10.1 Å². The number of nitrogens with zero attached hydrogens (tertiary/aromatic N) is 1. The van der Waals surface area contributed by atoms with E-state index >= 15 is 0 Å². The average Bonchev–Trinajstić information content (AvgIpc) is 3.58. The third kappa shape index (κ3) is 6.33. The van der Waals surface area contributed by atoms with E-state index in [1.54, 1.807) is 0 Å². The molecule has 33 heavy (non-hydrogen) atoms. The van der Waals surface area contributed by atoms with Crippen molar-refractivity contribution >= 4 is 18.5 Å². The van der Waals surface area contributed by atoms with Gasteiger partial charge >= 0.3 is 17.1 Å². The summed E-state index contributed by atoms with van der Waals surface area (Å²) in [7, 11) is -0.649. The predicted octanol–water partition coefficient (Wildman–Crippen LogP) is 7.01. The van der Waals surface area contributed by atoms with Crippen LogP contribution in [0, 0.1) is 5.41 Å². The van der Waals surface area contributed by atoms with Crippen LogP contribution in [0.15, 0.2) is 126 Å². The number of hydrogen-bond donors (Lipinski definition) is 0. The Bertz CT molecular complexity index is 1020. The van der Waals surface area contributed by atoms with Crippen molar-refractivity contribution in [2.75, 3.05) is 6.61 Å². The molecule has 0 spiro atoms. The quantitative estimate of drug-likeness (QED) is 0.218. The molecule has 0 saturated carbocycles. The van der Waals surface area contributed by atoms with Crippen molar-refractivity contribution in [2.45, 2.75) is 26.8 Å². The topological polar surface area (TPSA) is 23.3 Å². The maximum atomic E-state index is 6.06. The summed E-state index contributed by atoms with van der Waals surface area (Å²) >= 11 is 0. The van der Waals surface area contributed by atoms with Gasteiger partial charge in [-0.1, -0.05) is 106 Å². The minimum atomic E-state index is -0.649. The van der Waals surface area contributed by atoms with Gasteiger partial charge in [0.15, 0.2) is 0 Å². The standard InChI is InChI=1S/C24H25NOP.C5H5.Fe/c1-24(2,3)22-17-26-23(25-22)20-15-10-16-21(20)27(18-11-6-4-7-12-18)19-13-8-5-9-14-19;1-2-4-5-3-1;/h4-16,22H,17H2,1-3H3;1-5H;/q2*-1;+2/b23-20-;;/t22-;;/m1../s1. The first-order chi connectivity index (χ1) is 15.5. The van der Waals surface area contributed by atoms with Gasteiger partial charge in [0.25, 0.3) is 0 Å². The van der Waals surface area contributed by atoms with Gasteiger partial charge in [-0.2, -0.15) is 18.2 Å². The zero-order valence-corrected chi connectivity index (χ0v) is 21.3. The molecule has 0 N–H and O–H groups in total. The summed E-state index contributed by atoms with van der Waals surface area (Å²) in [4.78, 5) is 0. The van der Waals surface area contributed by atoms with Gasteiger partial charge in [-0.25, -0.2) is 12.1 Å². The molecule has 0 unspecified atom stereocenters. The van der Waals surface area contributed by atoms with E-state index in [0.29, 0.717) is 6.61 Å². The molecule has 1 atom stereocenters. The van der Waals surface area contributed by atoms with Crippen LogP contribution in [-0.2, 0) is 21.8 Å². The van der Waals surface area contributed by atoms with Crippen molar-refractivity contribution in [2.24, 2.45) is 5.41 Å². The van der Waals surface area contributed by atoms with E-state index in [2.05, 4.69) is 99.7 Å². The molecule has 1 fully saturated rings. The summed E-state index contributed by atoms with van der Waals surface area (Å²) in [5, 5.41) is 8.94. The number of allylic oxidation sites excluding steroid dienone is 5. The maximum absolute atomic E-state index is 6.06. The van der Waals surface area contributed by atoms with Crippen LogP contribution in [0.1, 0.15) is 20.8 Å². The minimum absolute atomic E-state index is 0. The molecule has 2 nitrogen and oxygen atoms in total. The van der Waals surface area contributed by atoms with E-state index in [1.807, 2.05) is 30.3 Å². The molecular formula is C29H30FeNOP. The van der Waals surface area contributed by atoms with E-state index < -0.39 is 7.92 Å². The Labute approximate surface area is 210 Å². The van der Waals surface area contributed by atoms with Gasteiger partial charge in [-0.3, -0.25) is 0 Å². The molecule has 4 heteroatoms. The molecule has 1 heterocycles. The van der Waals surface area contributed by atoms with E-state index in [-0.39, 0.29) is 28.5 Å². The third-order valence-corrected chi connectivity index (χ3v) is 8.00. The molecule has 1 aliphatic heterocycles. The van der Waals surface area contributed by atoms with Gasteiger partial charge < -0.3 is 10.1 Å². The largest absolute Gasteiger partial charge is 2.00 e. The van der Waals surface area contributed by atoms with Gasteiger partial charge in [0, 0.05) is 11.5 Å². The van der Waals surface area contributed by atoms with E-state index in [9.17, 15) is 0 Å². The van der Waals surface area contributed by atoms with Crippen LogP contribution in [0.4, 0.5) is 0 Å². The first-order valence-corrected chi connectivity index (χ1v) is 12.4. The molecule has 0 bridgehead atoms. The average molecular weight is 495 g/mol. The Morgan fingerprint density at radius 2 is 1.45 bits per heavy atom. The summed E-state index contributed by atoms with van der Waals surface area (Å²) in [6.07, 6.45) is 6.51. The van der Waals surface area contributed by atoms with Crippen molar-refractivity contribution in [1.29, 1.82) is 0 Å². The number of ether oxygens (including phenoxy) is 1. The molecular weight excluding hydrogens is 465 g/mol. The fourth-order valence-electron chi connectivity index (χ4n) is 3.65. The van der Waals surface area contributed by atoms with Crippen molar-refractivity contribution in [1.82, 2.24) is 0 Å². The van der Waals surface area contributed by atoms with Gasteiger partial charge in [0.2, 0.25) is 0 Å². The second kappa shape index (κ2) is 11.6. The molecule has 1 saturated heterocycles. The Kier molecular flexibility index (Phi) is 8.87. The number of rotatable bonds is 3. The first kappa shape index (κ1) is 25.2. The van der Waals surface area contributed by atoms with Crippen LogP contribution in [-0.4, -0.2) is 12.6 Å². The molecule has 3 aromatic rings. The normalized spacial score (nSPS) is 19.2. The molecule has 0 radical (unpaired) electrons. The van der Waals surface area contributed by atoms with E-state index in [1.165, 1.54) is 15.9 Å². The summed E-state index contributed by atoms with van der Waals surface area (Å²) in [5.74, 6) is 0.800. The van der Waals surface area contributed by atoms with Crippen LogP contribution < -0.4 is 10.6 Å². The van der Waals surface area contributed by atoms with Crippen molar-refractivity contribution in [3.63, 3.8) is 0 Å². The maximum Gasteiger partial charge on any atom is 2.00 e. The van der Waals surface area contributed by atoms with Gasteiger partial charge in [-0.05, 0) is 29.3 Å². The van der Waals surface area contributed by atoms with Crippen LogP contribution in [0.5, 0.6) is 0 Å². The molecule has 1 aliphatic carbocycles. The summed E-state index contributed by atoms with van der Waals surface area (Å²) in [5.41, 5.74) is 1.25. The summed E-state index contributed by atoms with van der Waals surface area (Å²) in [6.45, 7) is 7.33. The van der Waals surface area contributed by atoms with Crippen LogP contribution >= 0.6 is 7.92 Å². The Morgan fingerprint density at radius 1 is 0.879 bits per heavy atom. The SMILES string of the molecule is CC(C)(C)[C@H]1CO/C(=C2/C=CC=C2P(c2ccccc2)c2ccccc2)[N-]1.[Fe+2].c1cc[cH-]c1. The van der Waals surface area contributed by atoms with Crippen molar-refractivity contribution < 1.29 is 21.8 Å². The van der Waals surface area contributed by atoms with Gasteiger partial charge in [0.1, 0.15) is 0 Å². The molecule has 170 valence electrons. The minimum Gasteiger partial charge on any atom is -0.648 e. The van der Waals surface area contributed by atoms with Gasteiger partial charge in [0.05, 0.1) is 6.61 Å². The monoisotopic (exact) mass is 495 g/mol. The summed E-state index contributed by atoms with van der Waals surface area (Å²) in [6, 6.07) is 31.7. The molecule has 5 rings (SSSR count). The van der Waals surface area contributed by atoms with Crippen LogP contribution in [0.2, 0.25) is 0 Å². The Morgan fingerprint density at radius 3 is 1.91 bits per heavy atom. The van der Waals surface area contributed by atoms with Crippen molar-refractivity contribution in [3.8, 4) is 0 Å². The molecule has 0 aromatic heterocycles. The molecule has 2 aliphatic rings. The second-order valence-corrected chi connectivity index (χ2v) is 11.1. The second-order valence-electron chi connectivity index (χ2n) is 8.92. The zero-order chi connectivity index (χ0) is 22.4. The molecule has 3 aromatic carbocycles. The van der Waals surface area contributed by atoms with Crippen molar-refractivity contribution in [3.05, 3.63) is 131 Å². The smallest absolute Gasteiger partial charge is 0.648 e. The number of hydrogen-bond acceptors (Lipinski definition) is 1. The third-order valence-electron chi connectivity index (χ3n) is 5.50. The van der Waals surface area contributed by atoms with Crippen LogP contribution in [0.3, 0.4) is 0 Å². The fraction of sp³-hybridized carbons (Fsp3) is 0.207. The first-order valence-electron chi connectivity index (χ1n) is 11.1. The molecule has 0 amide bonds. The Balaban J connectivity index is 0.000000453. The Hall–Kier alpha value is -2.44. The van der Waals surface area contributed by atoms with Crippen LogP contribution in [0.25, 0.3) is 5.32 Å². The fourth-order valence-corrected chi connectivity index (χ4v) is 6.09. The van der Waals surface area contributed by atoms with Gasteiger partial charge in [-0.15, -0.1) is 0 Å².